The Balaban J connectivity index is 2.03. The molecule has 0 radical (unpaired) electrons. The monoisotopic (exact) mass is 229 g/mol. The van der Waals surface area contributed by atoms with Crippen LogP contribution in [0.15, 0.2) is 54.9 Å². The largest absolute Gasteiger partial charge is 0.480 e. The van der Waals surface area contributed by atoms with Crippen molar-refractivity contribution >= 4 is 5.97 Å². The quantitative estimate of drug-likeness (QED) is 0.856. The summed E-state index contributed by atoms with van der Waals surface area (Å²) < 4.78 is 1.74. The number of aliphatic carboxylic acids is 1. The van der Waals surface area contributed by atoms with Gasteiger partial charge in [0.15, 0.2) is 0 Å². The van der Waals surface area contributed by atoms with E-state index in [1.807, 2.05) is 42.5 Å². The van der Waals surface area contributed by atoms with Crippen molar-refractivity contribution in [2.75, 3.05) is 0 Å². The van der Waals surface area contributed by atoms with Crippen molar-refractivity contribution in [3.8, 4) is 0 Å². The van der Waals surface area contributed by atoms with Gasteiger partial charge in [-0.1, -0.05) is 30.3 Å². The van der Waals surface area contributed by atoms with Crippen LogP contribution in [0.3, 0.4) is 0 Å². The average Bonchev–Trinajstić information content (AvgIpc) is 2.84. The molecule has 17 heavy (non-hydrogen) atoms. The third-order valence-electron chi connectivity index (χ3n) is 2.82. The Morgan fingerprint density at radius 2 is 1.76 bits per heavy atom. The van der Waals surface area contributed by atoms with Gasteiger partial charge in [-0.3, -0.25) is 0 Å². The van der Waals surface area contributed by atoms with Gasteiger partial charge in [-0.2, -0.15) is 0 Å². The molecule has 3 nitrogen and oxygen atoms in total. The molecular formula is C14H15NO2. The normalized spacial score (nSPS) is 12.2. The fraction of sp³-hybridized carbons (Fsp3) is 0.214. The van der Waals surface area contributed by atoms with Gasteiger partial charge in [0.1, 0.15) is 6.04 Å². The molecule has 1 aromatic heterocycles. The van der Waals surface area contributed by atoms with Crippen molar-refractivity contribution in [3.63, 3.8) is 0 Å². The van der Waals surface area contributed by atoms with Gasteiger partial charge in [0.25, 0.3) is 0 Å². The Labute approximate surface area is 100 Å². The molecule has 1 heterocycles. The van der Waals surface area contributed by atoms with Gasteiger partial charge in [0, 0.05) is 12.4 Å². The van der Waals surface area contributed by atoms with Crippen LogP contribution in [0.2, 0.25) is 0 Å². The number of carboxylic acid groups (broad SMARTS) is 1. The smallest absolute Gasteiger partial charge is 0.326 e. The van der Waals surface area contributed by atoms with Gasteiger partial charge in [0.2, 0.25) is 0 Å². The van der Waals surface area contributed by atoms with Crippen molar-refractivity contribution in [2.24, 2.45) is 0 Å². The van der Waals surface area contributed by atoms with E-state index in [4.69, 9.17) is 0 Å². The topological polar surface area (TPSA) is 42.2 Å². The molecule has 1 aromatic carbocycles. The second-order valence-electron chi connectivity index (χ2n) is 4.01. The van der Waals surface area contributed by atoms with Gasteiger partial charge in [-0.15, -0.1) is 0 Å². The molecule has 0 amide bonds. The van der Waals surface area contributed by atoms with Gasteiger partial charge < -0.3 is 9.67 Å². The fourth-order valence-corrected chi connectivity index (χ4v) is 1.90. The minimum atomic E-state index is -0.780. The van der Waals surface area contributed by atoms with Crippen LogP contribution in [0.4, 0.5) is 0 Å². The molecule has 0 saturated carbocycles. The number of aryl methyl sites for hydroxylation is 1. The second-order valence-corrected chi connectivity index (χ2v) is 4.01. The zero-order valence-corrected chi connectivity index (χ0v) is 9.49. The third-order valence-corrected chi connectivity index (χ3v) is 2.82. The van der Waals surface area contributed by atoms with Crippen LogP contribution in [-0.2, 0) is 11.2 Å². The molecule has 0 aliphatic carbocycles. The van der Waals surface area contributed by atoms with Crippen LogP contribution in [-0.4, -0.2) is 15.6 Å². The zero-order chi connectivity index (χ0) is 12.1. The van der Waals surface area contributed by atoms with Crippen LogP contribution in [0.25, 0.3) is 0 Å². The Bertz CT molecular complexity index is 462. The van der Waals surface area contributed by atoms with Crippen molar-refractivity contribution < 1.29 is 9.90 Å². The maximum Gasteiger partial charge on any atom is 0.326 e. The number of hydrogen-bond acceptors (Lipinski definition) is 1. The summed E-state index contributed by atoms with van der Waals surface area (Å²) in [5.74, 6) is -0.780. The lowest BCUT2D eigenvalue weighted by Gasteiger charge is -2.14. The van der Waals surface area contributed by atoms with E-state index in [0.29, 0.717) is 6.42 Å². The lowest BCUT2D eigenvalue weighted by atomic mass is 10.1. The molecule has 0 spiro atoms. The number of aromatic nitrogens is 1. The molecule has 0 bridgehead atoms. The first kappa shape index (κ1) is 11.5. The number of carboxylic acids is 1. The van der Waals surface area contributed by atoms with Crippen LogP contribution in [0.1, 0.15) is 18.0 Å². The Morgan fingerprint density at radius 1 is 1.12 bits per heavy atom. The van der Waals surface area contributed by atoms with Crippen molar-refractivity contribution in [1.82, 2.24) is 4.57 Å². The van der Waals surface area contributed by atoms with Crippen LogP contribution < -0.4 is 0 Å². The molecular weight excluding hydrogens is 214 g/mol. The van der Waals surface area contributed by atoms with Crippen molar-refractivity contribution in [2.45, 2.75) is 18.9 Å². The SMILES string of the molecule is O=C(O)[C@H](CCc1ccccc1)n1cccc1. The molecule has 0 fully saturated rings. The third kappa shape index (κ3) is 2.97. The number of hydrogen-bond donors (Lipinski definition) is 1. The number of nitrogens with zero attached hydrogens (tertiary/aromatic N) is 1. The van der Waals surface area contributed by atoms with Crippen molar-refractivity contribution in [1.29, 1.82) is 0 Å². The predicted molar refractivity (Wildman–Crippen MR) is 65.9 cm³/mol. The number of carbonyl (C=O) groups is 1. The molecule has 0 aliphatic heterocycles. The van der Waals surface area contributed by atoms with Gasteiger partial charge in [-0.25, -0.2) is 4.79 Å². The summed E-state index contributed by atoms with van der Waals surface area (Å²) in [5.41, 5.74) is 1.17. The molecule has 0 saturated heterocycles. The standard InChI is InChI=1S/C14H15NO2/c16-14(17)13(15-10-4-5-11-15)9-8-12-6-2-1-3-7-12/h1-7,10-11,13H,8-9H2,(H,16,17)/t13-/m0/s1. The first-order valence-corrected chi connectivity index (χ1v) is 5.66. The van der Waals surface area contributed by atoms with Crippen LogP contribution in [0, 0.1) is 0 Å². The van der Waals surface area contributed by atoms with E-state index < -0.39 is 12.0 Å². The summed E-state index contributed by atoms with van der Waals surface area (Å²) in [7, 11) is 0. The molecule has 88 valence electrons. The fourth-order valence-electron chi connectivity index (χ4n) is 1.90. The van der Waals surface area contributed by atoms with E-state index in [0.717, 1.165) is 6.42 Å². The lowest BCUT2D eigenvalue weighted by molar-refractivity contribution is -0.141. The number of rotatable bonds is 5. The maximum absolute atomic E-state index is 11.2. The second kappa shape index (κ2) is 5.34. The van der Waals surface area contributed by atoms with Crippen LogP contribution >= 0.6 is 0 Å². The molecule has 1 N–H and O–H groups in total. The summed E-state index contributed by atoms with van der Waals surface area (Å²) >= 11 is 0. The van der Waals surface area contributed by atoms with E-state index in [2.05, 4.69) is 0 Å². The highest BCUT2D eigenvalue weighted by Crippen LogP contribution is 2.15. The number of benzene rings is 1. The molecule has 3 heteroatoms. The minimum absolute atomic E-state index is 0.481. The lowest BCUT2D eigenvalue weighted by Crippen LogP contribution is -2.18. The van der Waals surface area contributed by atoms with E-state index >= 15 is 0 Å². The highest BCUT2D eigenvalue weighted by atomic mass is 16.4. The molecule has 2 rings (SSSR count). The zero-order valence-electron chi connectivity index (χ0n) is 9.49. The minimum Gasteiger partial charge on any atom is -0.480 e. The van der Waals surface area contributed by atoms with E-state index in [1.165, 1.54) is 5.56 Å². The van der Waals surface area contributed by atoms with Gasteiger partial charge in [-0.05, 0) is 30.5 Å². The highest BCUT2D eigenvalue weighted by Gasteiger charge is 2.17. The van der Waals surface area contributed by atoms with Crippen molar-refractivity contribution in [3.05, 3.63) is 60.4 Å². The van der Waals surface area contributed by atoms with Gasteiger partial charge in [0.05, 0.1) is 0 Å². The predicted octanol–water partition coefficient (Wildman–Crippen LogP) is 2.75. The summed E-state index contributed by atoms with van der Waals surface area (Å²) in [6.45, 7) is 0. The van der Waals surface area contributed by atoms with E-state index in [-0.39, 0.29) is 0 Å². The van der Waals surface area contributed by atoms with Crippen LogP contribution in [0.5, 0.6) is 0 Å². The van der Waals surface area contributed by atoms with E-state index in [1.54, 1.807) is 17.0 Å². The summed E-state index contributed by atoms with van der Waals surface area (Å²) in [5, 5.41) is 9.20. The maximum atomic E-state index is 11.2. The molecule has 0 aliphatic rings. The first-order valence-electron chi connectivity index (χ1n) is 5.66. The Hall–Kier alpha value is -2.03. The average molecular weight is 229 g/mol. The first-order chi connectivity index (χ1) is 8.27. The van der Waals surface area contributed by atoms with E-state index in [9.17, 15) is 9.90 Å². The Kier molecular flexibility index (Phi) is 3.60. The molecule has 2 aromatic rings. The molecule has 1 atom stereocenters. The molecule has 0 unspecified atom stereocenters. The summed E-state index contributed by atoms with van der Waals surface area (Å²) in [6.07, 6.45) is 4.97. The summed E-state index contributed by atoms with van der Waals surface area (Å²) in [6, 6.07) is 13.2. The Morgan fingerprint density at radius 3 is 2.35 bits per heavy atom. The highest BCUT2D eigenvalue weighted by molar-refractivity contribution is 5.71. The van der Waals surface area contributed by atoms with Gasteiger partial charge >= 0.3 is 5.97 Å². The summed E-state index contributed by atoms with van der Waals surface area (Å²) in [4.78, 5) is 11.2.